The van der Waals surface area contributed by atoms with Gasteiger partial charge in [0.25, 0.3) is 0 Å². The summed E-state index contributed by atoms with van der Waals surface area (Å²) in [5.41, 5.74) is -0.545. The van der Waals surface area contributed by atoms with E-state index in [-0.39, 0.29) is 22.5 Å². The van der Waals surface area contributed by atoms with Gasteiger partial charge in [-0.15, -0.1) is 0 Å². The molecule has 0 spiro atoms. The van der Waals surface area contributed by atoms with Crippen molar-refractivity contribution in [3.05, 3.63) is 35.4 Å². The number of alkyl halides is 3. The number of aliphatic imine (C=N–C) groups is 1. The quantitative estimate of drug-likeness (QED) is 0.595. The number of rotatable bonds is 3. The van der Waals surface area contributed by atoms with Gasteiger partial charge in [0.15, 0.2) is 5.78 Å². The number of hydrogen-bond donors (Lipinski definition) is 0. The van der Waals surface area contributed by atoms with E-state index in [1.807, 2.05) is 6.92 Å². The van der Waals surface area contributed by atoms with Crippen LogP contribution in [0.1, 0.15) is 71.4 Å². The summed E-state index contributed by atoms with van der Waals surface area (Å²) in [5.74, 6) is 0.295. The van der Waals surface area contributed by atoms with Crippen LogP contribution in [0.2, 0.25) is 0 Å². The smallest absolute Gasteiger partial charge is 0.293 e. The maximum Gasteiger partial charge on any atom is 0.416 e. The number of ketones is 1. The highest BCUT2D eigenvalue weighted by molar-refractivity contribution is 6.45. The van der Waals surface area contributed by atoms with Crippen LogP contribution in [0.5, 0.6) is 0 Å². The molecule has 1 aromatic carbocycles. The van der Waals surface area contributed by atoms with Gasteiger partial charge in [-0.05, 0) is 56.1 Å². The van der Waals surface area contributed by atoms with Gasteiger partial charge in [-0.3, -0.25) is 9.79 Å². The number of benzene rings is 1. The summed E-state index contributed by atoms with van der Waals surface area (Å²) >= 11 is 0. The van der Waals surface area contributed by atoms with Gasteiger partial charge in [0, 0.05) is 12.5 Å². The highest BCUT2D eigenvalue weighted by atomic mass is 19.4. The summed E-state index contributed by atoms with van der Waals surface area (Å²) in [6.45, 7) is 10.1. The molecule has 0 N–H and O–H groups in total. The minimum Gasteiger partial charge on any atom is -0.293 e. The van der Waals surface area contributed by atoms with Gasteiger partial charge in [0.2, 0.25) is 0 Å². The molecule has 0 bridgehead atoms. The molecule has 0 aliphatic heterocycles. The minimum absolute atomic E-state index is 0.146. The maximum atomic E-state index is 13.0. The second-order valence-corrected chi connectivity index (χ2v) is 8.73. The van der Waals surface area contributed by atoms with Crippen molar-refractivity contribution in [3.8, 4) is 0 Å². The Balaban J connectivity index is 2.32. The van der Waals surface area contributed by atoms with Gasteiger partial charge < -0.3 is 0 Å². The van der Waals surface area contributed by atoms with E-state index in [0.717, 1.165) is 37.8 Å². The Kier molecular flexibility index (Phi) is 5.69. The average Bonchev–Trinajstić information content (AvgIpc) is 2.51. The van der Waals surface area contributed by atoms with Crippen molar-refractivity contribution in [1.82, 2.24) is 0 Å². The zero-order valence-corrected chi connectivity index (χ0v) is 16.2. The van der Waals surface area contributed by atoms with Gasteiger partial charge >= 0.3 is 6.18 Å². The van der Waals surface area contributed by atoms with Gasteiger partial charge in [-0.2, -0.15) is 13.2 Å². The average molecular weight is 367 g/mol. The molecule has 0 atom stereocenters. The third kappa shape index (κ3) is 4.95. The van der Waals surface area contributed by atoms with Crippen LogP contribution in [0.4, 0.5) is 13.2 Å². The second kappa shape index (κ2) is 7.16. The SMILES string of the molecule is CC(=O)C(=NC1(C)CCC(C(C)(C)C)CC1)c1cccc(C(F)(F)F)c1. The van der Waals surface area contributed by atoms with Crippen molar-refractivity contribution >= 4 is 11.5 Å². The van der Waals surface area contributed by atoms with Crippen LogP contribution >= 0.6 is 0 Å². The van der Waals surface area contributed by atoms with Crippen molar-refractivity contribution in [2.75, 3.05) is 0 Å². The van der Waals surface area contributed by atoms with E-state index in [4.69, 9.17) is 0 Å². The molecule has 0 amide bonds. The van der Waals surface area contributed by atoms with Crippen LogP contribution in [0.15, 0.2) is 29.3 Å². The third-order valence-electron chi connectivity index (χ3n) is 5.47. The second-order valence-electron chi connectivity index (χ2n) is 8.73. The number of carbonyl (C=O) groups is 1. The zero-order chi connectivity index (χ0) is 19.8. The normalized spacial score (nSPS) is 25.2. The van der Waals surface area contributed by atoms with Crippen LogP contribution in [-0.2, 0) is 11.0 Å². The van der Waals surface area contributed by atoms with Crippen LogP contribution in [0, 0.1) is 11.3 Å². The molecule has 1 saturated carbocycles. The lowest BCUT2D eigenvalue weighted by Crippen LogP contribution is -2.35. The Hall–Kier alpha value is -1.65. The highest BCUT2D eigenvalue weighted by Gasteiger charge is 2.36. The van der Waals surface area contributed by atoms with Gasteiger partial charge in [0.05, 0.1) is 11.1 Å². The summed E-state index contributed by atoms with van der Waals surface area (Å²) in [7, 11) is 0. The Morgan fingerprint density at radius 2 is 1.73 bits per heavy atom. The monoisotopic (exact) mass is 367 g/mol. The molecule has 1 fully saturated rings. The number of hydrogen-bond acceptors (Lipinski definition) is 2. The van der Waals surface area contributed by atoms with E-state index in [2.05, 4.69) is 25.8 Å². The fourth-order valence-corrected chi connectivity index (χ4v) is 3.68. The lowest BCUT2D eigenvalue weighted by Gasteiger charge is -2.40. The highest BCUT2D eigenvalue weighted by Crippen LogP contribution is 2.43. The van der Waals surface area contributed by atoms with Crippen molar-refractivity contribution in [2.24, 2.45) is 16.3 Å². The number of Topliss-reactive ketones (excluding diaryl/α,β-unsaturated/α-hetero) is 1. The van der Waals surface area contributed by atoms with Crippen LogP contribution in [0.3, 0.4) is 0 Å². The van der Waals surface area contributed by atoms with Gasteiger partial charge in [-0.1, -0.05) is 32.9 Å². The number of halogens is 3. The molecule has 5 heteroatoms. The van der Waals surface area contributed by atoms with Crippen LogP contribution in [0.25, 0.3) is 0 Å². The first kappa shape index (κ1) is 20.7. The molecule has 1 aliphatic carbocycles. The molecule has 0 aromatic heterocycles. The van der Waals surface area contributed by atoms with E-state index in [1.54, 1.807) is 0 Å². The van der Waals surface area contributed by atoms with Gasteiger partial charge in [-0.25, -0.2) is 0 Å². The molecular weight excluding hydrogens is 339 g/mol. The predicted molar refractivity (Wildman–Crippen MR) is 98.5 cm³/mol. The first-order chi connectivity index (χ1) is 11.8. The third-order valence-corrected chi connectivity index (χ3v) is 5.47. The molecule has 144 valence electrons. The Bertz CT molecular complexity index is 690. The summed E-state index contributed by atoms with van der Waals surface area (Å²) in [6, 6.07) is 4.89. The summed E-state index contributed by atoms with van der Waals surface area (Å²) in [4.78, 5) is 16.8. The summed E-state index contributed by atoms with van der Waals surface area (Å²) in [5, 5.41) is 0. The van der Waals surface area contributed by atoms with E-state index in [9.17, 15) is 18.0 Å². The predicted octanol–water partition coefficient (Wildman–Crippen LogP) is 6.08. The van der Waals surface area contributed by atoms with Crippen LogP contribution < -0.4 is 0 Å². The molecule has 26 heavy (non-hydrogen) atoms. The Labute approximate surface area is 153 Å². The molecule has 1 aliphatic rings. The fourth-order valence-electron chi connectivity index (χ4n) is 3.68. The maximum absolute atomic E-state index is 13.0. The number of carbonyl (C=O) groups excluding carboxylic acids is 1. The fraction of sp³-hybridized carbons (Fsp3) is 0.619. The molecule has 2 rings (SSSR count). The van der Waals surface area contributed by atoms with E-state index in [0.29, 0.717) is 5.92 Å². The summed E-state index contributed by atoms with van der Waals surface area (Å²) < 4.78 is 39.0. The molecule has 2 nitrogen and oxygen atoms in total. The van der Waals surface area contributed by atoms with Crippen molar-refractivity contribution in [1.29, 1.82) is 0 Å². The lowest BCUT2D eigenvalue weighted by atomic mass is 9.68. The van der Waals surface area contributed by atoms with Gasteiger partial charge in [0.1, 0.15) is 5.71 Å². The molecule has 0 unspecified atom stereocenters. The van der Waals surface area contributed by atoms with Crippen molar-refractivity contribution < 1.29 is 18.0 Å². The Morgan fingerprint density at radius 1 is 1.15 bits per heavy atom. The van der Waals surface area contributed by atoms with Crippen molar-refractivity contribution in [2.45, 2.75) is 72.0 Å². The van der Waals surface area contributed by atoms with E-state index < -0.39 is 17.3 Å². The minimum atomic E-state index is -4.44. The molecule has 1 aromatic rings. The first-order valence-electron chi connectivity index (χ1n) is 9.10. The first-order valence-corrected chi connectivity index (χ1v) is 9.10. The number of nitrogens with zero attached hydrogens (tertiary/aromatic N) is 1. The molecule has 0 heterocycles. The Morgan fingerprint density at radius 3 is 2.19 bits per heavy atom. The topological polar surface area (TPSA) is 29.4 Å². The van der Waals surface area contributed by atoms with E-state index in [1.165, 1.54) is 19.1 Å². The molecule has 0 saturated heterocycles. The molecule has 0 radical (unpaired) electrons. The van der Waals surface area contributed by atoms with Crippen LogP contribution in [-0.4, -0.2) is 17.0 Å². The molecular formula is C21H28F3NO. The standard InChI is InChI=1S/C21H28F3NO/c1-14(26)18(15-7-6-8-17(13-15)21(22,23)24)25-20(5)11-9-16(10-12-20)19(2,3)4/h6-8,13,16H,9-12H2,1-5H3. The van der Waals surface area contributed by atoms with E-state index >= 15 is 0 Å². The lowest BCUT2D eigenvalue weighted by molar-refractivity contribution is -0.137. The zero-order valence-electron chi connectivity index (χ0n) is 16.2. The largest absolute Gasteiger partial charge is 0.416 e. The van der Waals surface area contributed by atoms with Crippen molar-refractivity contribution in [3.63, 3.8) is 0 Å². The summed E-state index contributed by atoms with van der Waals surface area (Å²) in [6.07, 6.45) is -0.740.